The number of hydrogen-bond acceptors (Lipinski definition) is 7. The van der Waals surface area contributed by atoms with Crippen LogP contribution in [0.2, 0.25) is 0 Å². The molecule has 9 nitrogen and oxygen atoms in total. The van der Waals surface area contributed by atoms with Gasteiger partial charge in [0.2, 0.25) is 5.91 Å². The topological polar surface area (TPSA) is 160 Å². The van der Waals surface area contributed by atoms with Crippen molar-refractivity contribution in [2.45, 2.75) is 25.3 Å². The molecule has 0 saturated carbocycles. The van der Waals surface area contributed by atoms with E-state index in [2.05, 4.69) is 0 Å². The van der Waals surface area contributed by atoms with Gasteiger partial charge in [-0.05, 0) is 19.4 Å². The van der Waals surface area contributed by atoms with Gasteiger partial charge in [0.25, 0.3) is 0 Å². The van der Waals surface area contributed by atoms with Crippen LogP contribution >= 0.6 is 0 Å². The molecular weight excluding hydrogens is 306 g/mol. The summed E-state index contributed by atoms with van der Waals surface area (Å²) in [5.74, 6) is -2.80. The molecule has 0 aromatic heterocycles. The van der Waals surface area contributed by atoms with Crippen LogP contribution in [0.15, 0.2) is 0 Å². The fourth-order valence-electron chi connectivity index (χ4n) is 1.79. The lowest BCUT2D eigenvalue weighted by molar-refractivity contribution is -0.144. The molecule has 1 amide bonds. The van der Waals surface area contributed by atoms with Crippen molar-refractivity contribution >= 4 is 11.9 Å². The smallest absolute Gasteiger partial charge is 0.308 e. The van der Waals surface area contributed by atoms with Crippen LogP contribution in [-0.2, 0) is 23.8 Å². The first kappa shape index (κ1) is 21.7. The minimum atomic E-state index is -1.13. The average molecular weight is 335 g/mol. The molecule has 23 heavy (non-hydrogen) atoms. The third-order valence-electron chi connectivity index (χ3n) is 3.09. The standard InChI is InChI=1S/C14H29N3O6/c15-3-1-4-21-6-8-23-9-7-22-5-2-12(16)11(14(19)20)10-13(17)18/h11-12H,1-10,15-16H2,(H2,17,18)(H,19,20). The fraction of sp³-hybridized carbons (Fsp3) is 0.857. The minimum absolute atomic E-state index is 0.274. The number of carboxylic acids is 1. The van der Waals surface area contributed by atoms with E-state index in [0.29, 0.717) is 52.6 Å². The van der Waals surface area contributed by atoms with Crippen molar-refractivity contribution in [1.82, 2.24) is 0 Å². The van der Waals surface area contributed by atoms with E-state index in [1.807, 2.05) is 0 Å². The maximum atomic E-state index is 11.0. The van der Waals surface area contributed by atoms with Gasteiger partial charge in [0.05, 0.1) is 32.3 Å². The molecule has 136 valence electrons. The van der Waals surface area contributed by atoms with Gasteiger partial charge in [0.1, 0.15) is 0 Å². The Kier molecular flexibility index (Phi) is 13.6. The molecule has 0 aromatic rings. The Bertz CT molecular complexity index is 330. The zero-order chi connectivity index (χ0) is 17.5. The van der Waals surface area contributed by atoms with Crippen molar-refractivity contribution in [3.8, 4) is 0 Å². The summed E-state index contributed by atoms with van der Waals surface area (Å²) in [6.07, 6.45) is 0.882. The van der Waals surface area contributed by atoms with Crippen molar-refractivity contribution in [1.29, 1.82) is 0 Å². The molecule has 0 spiro atoms. The Balaban J connectivity index is 3.55. The quantitative estimate of drug-likeness (QED) is 0.253. The van der Waals surface area contributed by atoms with E-state index in [4.69, 9.17) is 36.5 Å². The number of rotatable bonds is 16. The van der Waals surface area contributed by atoms with Gasteiger partial charge in [-0.1, -0.05) is 0 Å². The van der Waals surface area contributed by atoms with Gasteiger partial charge in [0, 0.05) is 25.7 Å². The second-order valence-electron chi connectivity index (χ2n) is 5.05. The average Bonchev–Trinajstić information content (AvgIpc) is 2.49. The summed E-state index contributed by atoms with van der Waals surface area (Å²) in [5, 5.41) is 9.00. The van der Waals surface area contributed by atoms with E-state index in [1.54, 1.807) is 0 Å². The predicted molar refractivity (Wildman–Crippen MR) is 83.7 cm³/mol. The summed E-state index contributed by atoms with van der Waals surface area (Å²) in [7, 11) is 0. The number of ether oxygens (including phenoxy) is 3. The molecule has 9 heteroatoms. The van der Waals surface area contributed by atoms with Crippen LogP contribution in [-0.4, -0.2) is 69.2 Å². The van der Waals surface area contributed by atoms with Crippen molar-refractivity contribution in [3.05, 3.63) is 0 Å². The number of carbonyl (C=O) groups excluding carboxylic acids is 1. The van der Waals surface area contributed by atoms with E-state index in [1.165, 1.54) is 0 Å². The first-order valence-corrected chi connectivity index (χ1v) is 7.69. The molecule has 0 heterocycles. The first-order valence-electron chi connectivity index (χ1n) is 7.69. The Morgan fingerprint density at radius 3 is 1.96 bits per heavy atom. The highest BCUT2D eigenvalue weighted by Crippen LogP contribution is 2.10. The molecule has 2 atom stereocenters. The molecule has 0 rings (SSSR count). The molecule has 0 bridgehead atoms. The van der Waals surface area contributed by atoms with Crippen molar-refractivity contribution in [2.75, 3.05) is 46.2 Å². The van der Waals surface area contributed by atoms with Crippen molar-refractivity contribution < 1.29 is 28.9 Å². The van der Waals surface area contributed by atoms with E-state index >= 15 is 0 Å². The number of aliphatic carboxylic acids is 1. The van der Waals surface area contributed by atoms with Crippen LogP contribution in [0.3, 0.4) is 0 Å². The van der Waals surface area contributed by atoms with Crippen LogP contribution in [0.25, 0.3) is 0 Å². The zero-order valence-corrected chi connectivity index (χ0v) is 13.4. The second kappa shape index (κ2) is 14.3. The zero-order valence-electron chi connectivity index (χ0n) is 13.4. The number of carboxylic acid groups (broad SMARTS) is 1. The van der Waals surface area contributed by atoms with Gasteiger partial charge in [-0.2, -0.15) is 0 Å². The van der Waals surface area contributed by atoms with Gasteiger partial charge in [-0.15, -0.1) is 0 Å². The third kappa shape index (κ3) is 12.9. The lowest BCUT2D eigenvalue weighted by Crippen LogP contribution is -2.39. The third-order valence-corrected chi connectivity index (χ3v) is 3.09. The molecular formula is C14H29N3O6. The van der Waals surface area contributed by atoms with Gasteiger partial charge in [-0.3, -0.25) is 9.59 Å². The molecule has 0 radical (unpaired) electrons. The fourth-order valence-corrected chi connectivity index (χ4v) is 1.79. The number of carbonyl (C=O) groups is 2. The van der Waals surface area contributed by atoms with Crippen molar-refractivity contribution in [3.63, 3.8) is 0 Å². The van der Waals surface area contributed by atoms with Crippen LogP contribution in [0, 0.1) is 5.92 Å². The lowest BCUT2D eigenvalue weighted by Gasteiger charge is -2.18. The molecule has 0 aromatic carbocycles. The molecule has 0 saturated heterocycles. The molecule has 0 aliphatic rings. The summed E-state index contributed by atoms with van der Waals surface area (Å²) < 4.78 is 15.9. The maximum Gasteiger partial charge on any atom is 0.308 e. The van der Waals surface area contributed by atoms with Crippen LogP contribution in [0.4, 0.5) is 0 Å². The summed E-state index contributed by atoms with van der Waals surface area (Å²) in [6.45, 7) is 3.32. The van der Waals surface area contributed by atoms with Gasteiger partial charge < -0.3 is 36.5 Å². The summed E-state index contributed by atoms with van der Waals surface area (Å²) in [6, 6.07) is -0.683. The summed E-state index contributed by atoms with van der Waals surface area (Å²) in [5.41, 5.74) is 16.1. The van der Waals surface area contributed by atoms with Gasteiger partial charge >= 0.3 is 5.97 Å². The monoisotopic (exact) mass is 335 g/mol. The van der Waals surface area contributed by atoms with E-state index in [0.717, 1.165) is 6.42 Å². The number of amides is 1. The Labute approximate surface area is 136 Å². The lowest BCUT2D eigenvalue weighted by atomic mass is 9.94. The predicted octanol–water partition coefficient (Wildman–Crippen LogP) is -1.32. The van der Waals surface area contributed by atoms with Crippen molar-refractivity contribution in [2.24, 2.45) is 23.1 Å². The molecule has 0 fully saturated rings. The van der Waals surface area contributed by atoms with Crippen LogP contribution < -0.4 is 17.2 Å². The number of primary amides is 1. The Morgan fingerprint density at radius 1 is 0.957 bits per heavy atom. The first-order chi connectivity index (χ1) is 11.0. The SMILES string of the molecule is NCCCOCCOCCOCCC(N)C(CC(N)=O)C(=O)O. The molecule has 7 N–H and O–H groups in total. The normalized spacial score (nSPS) is 13.7. The Morgan fingerprint density at radius 2 is 1.48 bits per heavy atom. The van der Waals surface area contributed by atoms with Gasteiger partial charge in [0.15, 0.2) is 0 Å². The van der Waals surface area contributed by atoms with E-state index < -0.39 is 23.8 Å². The van der Waals surface area contributed by atoms with E-state index in [-0.39, 0.29) is 6.42 Å². The maximum absolute atomic E-state index is 11.0. The van der Waals surface area contributed by atoms with Crippen LogP contribution in [0.1, 0.15) is 19.3 Å². The minimum Gasteiger partial charge on any atom is -0.481 e. The highest BCUT2D eigenvalue weighted by molar-refractivity contribution is 5.81. The summed E-state index contributed by atoms with van der Waals surface area (Å²) in [4.78, 5) is 21.8. The van der Waals surface area contributed by atoms with E-state index in [9.17, 15) is 9.59 Å². The van der Waals surface area contributed by atoms with Gasteiger partial charge in [-0.25, -0.2) is 0 Å². The largest absolute Gasteiger partial charge is 0.481 e. The Hall–Kier alpha value is -1.26. The molecule has 2 unspecified atom stereocenters. The van der Waals surface area contributed by atoms with Crippen LogP contribution in [0.5, 0.6) is 0 Å². The highest BCUT2D eigenvalue weighted by atomic mass is 16.5. The summed E-state index contributed by atoms with van der Waals surface area (Å²) >= 11 is 0. The number of nitrogens with two attached hydrogens (primary N) is 3. The highest BCUT2D eigenvalue weighted by Gasteiger charge is 2.26. The molecule has 0 aliphatic heterocycles. The number of hydrogen-bond donors (Lipinski definition) is 4. The second-order valence-corrected chi connectivity index (χ2v) is 5.05. The molecule has 0 aliphatic carbocycles.